The largest absolute Gasteiger partial charge is 0.483 e. The van der Waals surface area contributed by atoms with E-state index in [9.17, 15) is 0 Å². The summed E-state index contributed by atoms with van der Waals surface area (Å²) in [6, 6.07) is 7.76. The second-order valence-corrected chi connectivity index (χ2v) is 2.64. The first kappa shape index (κ1) is 11.9. The van der Waals surface area contributed by atoms with Crippen LogP contribution >= 0.6 is 11.6 Å². The Bertz CT molecular complexity index is 253. The smallest absolute Gasteiger partial charge is 0.290 e. The van der Waals surface area contributed by atoms with Crippen LogP contribution in [0.5, 0.6) is 0 Å². The summed E-state index contributed by atoms with van der Waals surface area (Å²) in [7, 11) is 0. The number of carboxylic acid groups (broad SMARTS) is 1. The van der Waals surface area contributed by atoms with Crippen LogP contribution in [0.15, 0.2) is 24.3 Å². The summed E-state index contributed by atoms with van der Waals surface area (Å²) in [5.41, 5.74) is 6.50. The van der Waals surface area contributed by atoms with Gasteiger partial charge in [-0.2, -0.15) is 0 Å². The van der Waals surface area contributed by atoms with E-state index in [0.717, 1.165) is 17.0 Å². The number of nitrogens with two attached hydrogens (primary N) is 1. The zero-order valence-corrected chi connectivity index (χ0v) is 7.87. The van der Waals surface area contributed by atoms with E-state index in [0.29, 0.717) is 6.54 Å². The molecule has 0 saturated heterocycles. The van der Waals surface area contributed by atoms with Gasteiger partial charge >= 0.3 is 0 Å². The quantitative estimate of drug-likeness (QED) is 0.714. The number of halogens is 1. The normalized spacial score (nSPS) is 8.46. The average molecular weight is 202 g/mol. The number of rotatable bonds is 2. The molecule has 0 bridgehead atoms. The van der Waals surface area contributed by atoms with E-state index in [1.54, 1.807) is 0 Å². The lowest BCUT2D eigenvalue weighted by Crippen LogP contribution is -2.02. The molecule has 3 N–H and O–H groups in total. The second kappa shape index (κ2) is 7.58. The van der Waals surface area contributed by atoms with Crippen LogP contribution < -0.4 is 5.73 Å². The fraction of sp³-hybridized carbons (Fsp3) is 0.222. The fourth-order valence-electron chi connectivity index (χ4n) is 0.857. The molecule has 13 heavy (non-hydrogen) atoms. The Hall–Kier alpha value is -1.06. The molecule has 0 amide bonds. The summed E-state index contributed by atoms with van der Waals surface area (Å²) in [5, 5.41) is 7.70. The van der Waals surface area contributed by atoms with Crippen molar-refractivity contribution in [3.8, 4) is 0 Å². The minimum atomic E-state index is -0.250. The third-order valence-electron chi connectivity index (χ3n) is 1.37. The monoisotopic (exact) mass is 201 g/mol. The molecule has 0 aliphatic rings. The highest BCUT2D eigenvalue weighted by molar-refractivity contribution is 6.31. The maximum Gasteiger partial charge on any atom is 0.290 e. The predicted molar refractivity (Wildman–Crippen MR) is 52.9 cm³/mol. The number of hydrogen-bond donors (Lipinski definition) is 2. The van der Waals surface area contributed by atoms with Gasteiger partial charge in [0.15, 0.2) is 0 Å². The van der Waals surface area contributed by atoms with Gasteiger partial charge in [0.25, 0.3) is 6.47 Å². The van der Waals surface area contributed by atoms with E-state index >= 15 is 0 Å². The van der Waals surface area contributed by atoms with E-state index in [2.05, 4.69) is 0 Å². The van der Waals surface area contributed by atoms with Gasteiger partial charge in [0.1, 0.15) is 0 Å². The second-order valence-electron chi connectivity index (χ2n) is 2.24. The molecule has 0 unspecified atom stereocenters. The van der Waals surface area contributed by atoms with Gasteiger partial charge in [-0.15, -0.1) is 0 Å². The van der Waals surface area contributed by atoms with E-state index in [-0.39, 0.29) is 6.47 Å². The van der Waals surface area contributed by atoms with Crippen LogP contribution in [-0.2, 0) is 11.2 Å². The fourth-order valence-corrected chi connectivity index (χ4v) is 1.09. The Morgan fingerprint density at radius 1 is 1.46 bits per heavy atom. The van der Waals surface area contributed by atoms with Gasteiger partial charge in [-0.3, -0.25) is 4.79 Å². The highest BCUT2D eigenvalue weighted by Crippen LogP contribution is 2.14. The lowest BCUT2D eigenvalue weighted by Gasteiger charge is -1.99. The molecule has 0 heterocycles. The Labute approximate surface area is 82.1 Å². The lowest BCUT2D eigenvalue weighted by atomic mass is 10.1. The molecule has 4 heteroatoms. The van der Waals surface area contributed by atoms with Crippen molar-refractivity contribution in [2.75, 3.05) is 6.54 Å². The molecular weight excluding hydrogens is 190 g/mol. The summed E-state index contributed by atoms with van der Waals surface area (Å²) in [6.07, 6.45) is 0.861. The number of carbonyl (C=O) groups is 1. The molecule has 1 aromatic rings. The van der Waals surface area contributed by atoms with Gasteiger partial charge in [0.05, 0.1) is 0 Å². The average Bonchev–Trinajstić information content (AvgIpc) is 2.11. The van der Waals surface area contributed by atoms with Crippen molar-refractivity contribution < 1.29 is 9.90 Å². The molecule has 1 rings (SSSR count). The summed E-state index contributed by atoms with van der Waals surface area (Å²) < 4.78 is 0. The Kier molecular flexibility index (Phi) is 6.96. The molecule has 72 valence electrons. The zero-order valence-electron chi connectivity index (χ0n) is 7.11. The van der Waals surface area contributed by atoms with Crippen molar-refractivity contribution >= 4 is 18.1 Å². The van der Waals surface area contributed by atoms with Crippen molar-refractivity contribution in [1.82, 2.24) is 0 Å². The third-order valence-corrected chi connectivity index (χ3v) is 1.74. The van der Waals surface area contributed by atoms with Gasteiger partial charge in [0.2, 0.25) is 0 Å². The highest BCUT2D eigenvalue weighted by atomic mass is 35.5. The van der Waals surface area contributed by atoms with Gasteiger partial charge in [-0.25, -0.2) is 0 Å². The summed E-state index contributed by atoms with van der Waals surface area (Å²) in [5.74, 6) is 0. The predicted octanol–water partition coefficient (Wildman–Crippen LogP) is 1.54. The first-order valence-electron chi connectivity index (χ1n) is 3.77. The van der Waals surface area contributed by atoms with E-state index in [1.165, 1.54) is 0 Å². The Morgan fingerprint density at radius 2 is 2.00 bits per heavy atom. The number of hydrogen-bond acceptors (Lipinski definition) is 2. The number of benzene rings is 1. The highest BCUT2D eigenvalue weighted by Gasteiger charge is 1.94. The molecule has 0 radical (unpaired) electrons. The third kappa shape index (κ3) is 5.22. The van der Waals surface area contributed by atoms with Crippen molar-refractivity contribution in [3.63, 3.8) is 0 Å². The van der Waals surface area contributed by atoms with Crippen molar-refractivity contribution in [3.05, 3.63) is 34.9 Å². The van der Waals surface area contributed by atoms with Crippen LogP contribution in [0.1, 0.15) is 5.56 Å². The van der Waals surface area contributed by atoms with Crippen LogP contribution in [-0.4, -0.2) is 18.1 Å². The molecule has 0 aromatic heterocycles. The lowest BCUT2D eigenvalue weighted by molar-refractivity contribution is -0.122. The minimum absolute atomic E-state index is 0.250. The molecule has 0 saturated carbocycles. The SMILES string of the molecule is NCCc1ccccc1Cl.O=CO. The summed E-state index contributed by atoms with van der Waals surface area (Å²) >= 11 is 5.85. The van der Waals surface area contributed by atoms with Gasteiger partial charge in [-0.05, 0) is 24.6 Å². The standard InChI is InChI=1S/C8H10ClN.CH2O2/c9-8-4-2-1-3-7(8)5-6-10;2-1-3/h1-4H,5-6,10H2;1H,(H,2,3). The molecule has 0 atom stereocenters. The maximum atomic E-state index is 8.36. The van der Waals surface area contributed by atoms with Crippen molar-refractivity contribution in [2.45, 2.75) is 6.42 Å². The topological polar surface area (TPSA) is 63.3 Å². The van der Waals surface area contributed by atoms with Crippen molar-refractivity contribution in [2.24, 2.45) is 5.73 Å². The Morgan fingerprint density at radius 3 is 2.46 bits per heavy atom. The zero-order chi connectivity index (χ0) is 10.1. The van der Waals surface area contributed by atoms with Gasteiger partial charge in [0, 0.05) is 5.02 Å². The molecule has 3 nitrogen and oxygen atoms in total. The summed E-state index contributed by atoms with van der Waals surface area (Å²) in [6.45, 7) is 0.406. The molecule has 0 aliphatic heterocycles. The first-order valence-corrected chi connectivity index (χ1v) is 4.15. The van der Waals surface area contributed by atoms with Gasteiger partial charge in [-0.1, -0.05) is 29.8 Å². The van der Waals surface area contributed by atoms with E-state index < -0.39 is 0 Å². The van der Waals surface area contributed by atoms with Crippen LogP contribution in [0, 0.1) is 0 Å². The van der Waals surface area contributed by atoms with Crippen LogP contribution in [0.4, 0.5) is 0 Å². The van der Waals surface area contributed by atoms with Crippen molar-refractivity contribution in [1.29, 1.82) is 0 Å². The maximum absolute atomic E-state index is 8.36. The molecule has 0 fully saturated rings. The molecule has 0 spiro atoms. The van der Waals surface area contributed by atoms with Crippen LogP contribution in [0.25, 0.3) is 0 Å². The van der Waals surface area contributed by atoms with E-state index in [1.807, 2.05) is 24.3 Å². The van der Waals surface area contributed by atoms with Crippen LogP contribution in [0.2, 0.25) is 5.02 Å². The van der Waals surface area contributed by atoms with Crippen LogP contribution in [0.3, 0.4) is 0 Å². The van der Waals surface area contributed by atoms with E-state index in [4.69, 9.17) is 27.2 Å². The minimum Gasteiger partial charge on any atom is -0.483 e. The Balaban J connectivity index is 0.000000424. The van der Waals surface area contributed by atoms with Gasteiger partial charge < -0.3 is 10.8 Å². The first-order chi connectivity index (χ1) is 6.26. The molecular formula is C9H12ClNO2. The molecule has 0 aliphatic carbocycles. The summed E-state index contributed by atoms with van der Waals surface area (Å²) in [4.78, 5) is 8.36. The molecule has 1 aromatic carbocycles.